The van der Waals surface area contributed by atoms with Crippen LogP contribution in [0.1, 0.15) is 20.8 Å². The lowest BCUT2D eigenvalue weighted by molar-refractivity contribution is 0.268. The first-order valence-electron chi connectivity index (χ1n) is 2.15. The Hall–Kier alpha value is 0.210. The topological polar surface area (TPSA) is 29.3 Å². The van der Waals surface area contributed by atoms with Crippen LogP contribution in [0.25, 0.3) is 0 Å². The maximum Gasteiger partial charge on any atom is 0.0431 e. The molecule has 2 nitrogen and oxygen atoms in total. The van der Waals surface area contributed by atoms with Crippen LogP contribution in [0.3, 0.4) is 0 Å². The number of rotatable bonds is 0. The highest BCUT2D eigenvalue weighted by molar-refractivity contribution is 6.13. The standard InChI is InChI=1S/C4H11ClN2/c1-4(2,3)7(5)6/h6H2,1-3H3. The second kappa shape index (κ2) is 1.99. The van der Waals surface area contributed by atoms with Gasteiger partial charge < -0.3 is 0 Å². The molecule has 0 bridgehead atoms. The van der Waals surface area contributed by atoms with Crippen molar-refractivity contribution < 1.29 is 0 Å². The molecule has 0 aromatic rings. The average molecular weight is 123 g/mol. The summed E-state index contributed by atoms with van der Waals surface area (Å²) in [6.07, 6.45) is 0. The summed E-state index contributed by atoms with van der Waals surface area (Å²) in [5.41, 5.74) is -0.123. The predicted octanol–water partition coefficient (Wildman–Crippen LogP) is 1.11. The van der Waals surface area contributed by atoms with Crippen LogP contribution in [0.5, 0.6) is 0 Å². The average Bonchev–Trinajstić information content (AvgIpc) is 1.31. The van der Waals surface area contributed by atoms with Gasteiger partial charge in [0.15, 0.2) is 0 Å². The molecule has 0 aliphatic heterocycles. The van der Waals surface area contributed by atoms with E-state index in [0.717, 1.165) is 4.53 Å². The third kappa shape index (κ3) is 2.85. The van der Waals surface area contributed by atoms with Crippen LogP contribution in [0, 0.1) is 0 Å². The van der Waals surface area contributed by atoms with Crippen LogP contribution in [-0.4, -0.2) is 10.1 Å². The van der Waals surface area contributed by atoms with Crippen LogP contribution in [0.15, 0.2) is 0 Å². The molecule has 3 heteroatoms. The molecule has 7 heavy (non-hydrogen) atoms. The molecule has 0 unspecified atom stereocenters. The van der Waals surface area contributed by atoms with E-state index in [2.05, 4.69) is 0 Å². The summed E-state index contributed by atoms with van der Waals surface area (Å²) in [4.78, 5) is 0. The van der Waals surface area contributed by atoms with Gasteiger partial charge in [-0.25, -0.2) is 0 Å². The third-order valence-corrected chi connectivity index (χ3v) is 1.15. The molecule has 0 radical (unpaired) electrons. The van der Waals surface area contributed by atoms with Gasteiger partial charge in [0, 0.05) is 5.54 Å². The fraction of sp³-hybridized carbons (Fsp3) is 1.00. The van der Waals surface area contributed by atoms with Gasteiger partial charge in [0.2, 0.25) is 0 Å². The predicted molar refractivity (Wildman–Crippen MR) is 31.6 cm³/mol. The summed E-state index contributed by atoms with van der Waals surface area (Å²) in [6, 6.07) is 0. The lowest BCUT2D eigenvalue weighted by Crippen LogP contribution is -2.38. The molecular weight excluding hydrogens is 112 g/mol. The normalized spacial score (nSPS) is 12.9. The fourth-order valence-electron chi connectivity index (χ4n) is 0. The molecule has 0 saturated carbocycles. The number of nitrogens with zero attached hydrogens (tertiary/aromatic N) is 1. The van der Waals surface area contributed by atoms with Gasteiger partial charge in [0.05, 0.1) is 0 Å². The van der Waals surface area contributed by atoms with E-state index >= 15 is 0 Å². The first kappa shape index (κ1) is 7.21. The number of hydrogen-bond donors (Lipinski definition) is 1. The van der Waals surface area contributed by atoms with E-state index in [-0.39, 0.29) is 5.54 Å². The maximum absolute atomic E-state index is 5.36. The summed E-state index contributed by atoms with van der Waals surface area (Å²) in [5, 5.41) is 0. The molecule has 0 aromatic heterocycles. The van der Waals surface area contributed by atoms with Crippen molar-refractivity contribution >= 4 is 11.8 Å². The van der Waals surface area contributed by atoms with E-state index < -0.39 is 0 Å². The van der Waals surface area contributed by atoms with E-state index in [1.54, 1.807) is 0 Å². The van der Waals surface area contributed by atoms with Gasteiger partial charge in [-0.3, -0.25) is 5.84 Å². The maximum atomic E-state index is 5.36. The van der Waals surface area contributed by atoms with E-state index in [9.17, 15) is 0 Å². The quantitative estimate of drug-likeness (QED) is 0.296. The molecule has 0 aliphatic carbocycles. The molecule has 0 aromatic carbocycles. The molecule has 0 amide bonds. The highest BCUT2D eigenvalue weighted by Crippen LogP contribution is 2.08. The zero-order chi connectivity index (χ0) is 6.08. The molecule has 0 rings (SSSR count). The van der Waals surface area contributed by atoms with E-state index in [1.807, 2.05) is 20.8 Å². The van der Waals surface area contributed by atoms with E-state index in [4.69, 9.17) is 17.6 Å². The molecule has 0 aliphatic rings. The Morgan fingerprint density at radius 1 is 1.43 bits per heavy atom. The van der Waals surface area contributed by atoms with Crippen LogP contribution in [-0.2, 0) is 0 Å². The fourth-order valence-corrected chi connectivity index (χ4v) is 0. The van der Waals surface area contributed by atoms with Crippen molar-refractivity contribution in [3.8, 4) is 0 Å². The Morgan fingerprint density at radius 3 is 1.57 bits per heavy atom. The smallest absolute Gasteiger partial charge is 0.0431 e. The van der Waals surface area contributed by atoms with Gasteiger partial charge in [-0.1, -0.05) is 0 Å². The summed E-state index contributed by atoms with van der Waals surface area (Å²) in [7, 11) is 0. The second-order valence-electron chi connectivity index (χ2n) is 2.48. The van der Waals surface area contributed by atoms with Crippen molar-refractivity contribution in [1.82, 2.24) is 4.53 Å². The minimum Gasteiger partial charge on any atom is -0.254 e. The van der Waals surface area contributed by atoms with Crippen molar-refractivity contribution in [3.63, 3.8) is 0 Å². The molecule has 0 fully saturated rings. The van der Waals surface area contributed by atoms with Crippen LogP contribution in [0.2, 0.25) is 0 Å². The van der Waals surface area contributed by atoms with Crippen molar-refractivity contribution in [2.24, 2.45) is 5.84 Å². The van der Waals surface area contributed by atoms with Gasteiger partial charge in [0.1, 0.15) is 0 Å². The van der Waals surface area contributed by atoms with Crippen molar-refractivity contribution in [3.05, 3.63) is 0 Å². The van der Waals surface area contributed by atoms with Gasteiger partial charge in [-0.15, -0.1) is 0 Å². The molecule has 2 N–H and O–H groups in total. The Bertz CT molecular complexity index is 55.2. The minimum atomic E-state index is -0.123. The summed E-state index contributed by atoms with van der Waals surface area (Å²) < 4.78 is 1.16. The molecule has 0 saturated heterocycles. The SMILES string of the molecule is CC(C)(C)N(N)Cl. The first-order valence-corrected chi connectivity index (χ1v) is 2.49. The lowest BCUT2D eigenvalue weighted by Gasteiger charge is -2.23. The lowest BCUT2D eigenvalue weighted by atomic mass is 10.1. The number of hydrogen-bond acceptors (Lipinski definition) is 2. The number of nitrogens with two attached hydrogens (primary N) is 1. The van der Waals surface area contributed by atoms with Gasteiger partial charge in [0.25, 0.3) is 0 Å². The molecule has 0 spiro atoms. The van der Waals surface area contributed by atoms with E-state index in [0.29, 0.717) is 0 Å². The van der Waals surface area contributed by atoms with Gasteiger partial charge >= 0.3 is 0 Å². The Balaban J connectivity index is 3.54. The van der Waals surface area contributed by atoms with Crippen LogP contribution >= 0.6 is 11.8 Å². The van der Waals surface area contributed by atoms with Crippen LogP contribution < -0.4 is 5.84 Å². The van der Waals surface area contributed by atoms with Gasteiger partial charge in [-0.05, 0) is 32.5 Å². The van der Waals surface area contributed by atoms with Crippen LogP contribution in [0.4, 0.5) is 0 Å². The molecule has 0 atom stereocenters. The molecular formula is C4H11ClN2. The highest BCUT2D eigenvalue weighted by Gasteiger charge is 2.14. The first-order chi connectivity index (χ1) is 2.94. The van der Waals surface area contributed by atoms with E-state index in [1.165, 1.54) is 0 Å². The summed E-state index contributed by atoms with van der Waals surface area (Å²) in [5.74, 6) is 5.17. The Kier molecular flexibility index (Phi) is 2.05. The zero-order valence-electron chi connectivity index (χ0n) is 4.90. The number of halogens is 1. The second-order valence-corrected chi connectivity index (χ2v) is 2.85. The Morgan fingerprint density at radius 2 is 1.57 bits per heavy atom. The van der Waals surface area contributed by atoms with Crippen molar-refractivity contribution in [2.45, 2.75) is 26.3 Å². The highest BCUT2D eigenvalue weighted by atomic mass is 35.5. The summed E-state index contributed by atoms with van der Waals surface area (Å²) in [6.45, 7) is 5.79. The largest absolute Gasteiger partial charge is 0.254 e. The zero-order valence-corrected chi connectivity index (χ0v) is 5.66. The summed E-state index contributed by atoms with van der Waals surface area (Å²) >= 11 is 5.36. The third-order valence-electron chi connectivity index (χ3n) is 0.641. The van der Waals surface area contributed by atoms with Gasteiger partial charge in [-0.2, -0.15) is 4.53 Å². The molecule has 0 heterocycles. The number of hydrazine groups is 1. The minimum absolute atomic E-state index is 0.123. The monoisotopic (exact) mass is 122 g/mol. The molecule has 44 valence electrons. The van der Waals surface area contributed by atoms with Crippen molar-refractivity contribution in [1.29, 1.82) is 0 Å². The van der Waals surface area contributed by atoms with Crippen molar-refractivity contribution in [2.75, 3.05) is 0 Å². The Labute approximate surface area is 49.3 Å².